The van der Waals surface area contributed by atoms with Crippen molar-refractivity contribution < 1.29 is 14.0 Å². The Hall–Kier alpha value is -2.97. The highest BCUT2D eigenvalue weighted by Gasteiger charge is 2.25. The zero-order chi connectivity index (χ0) is 21.3. The highest BCUT2D eigenvalue weighted by Crippen LogP contribution is 2.27. The standard InChI is InChI=1S/C20H18Cl2N4O4/c21-14-4-3-13(11-15(14)22)25-6-1-7-26(9-8-25)19(28)18(27)23-12-2-5-16-17(10-12)30-20(29)24-16/h2-5,10-11H,1,6-9H2,(H,23,27)(H,24,29). The third-order valence-corrected chi connectivity index (χ3v) is 5.66. The van der Waals surface area contributed by atoms with E-state index < -0.39 is 17.6 Å². The van der Waals surface area contributed by atoms with Crippen LogP contribution in [0.1, 0.15) is 6.42 Å². The van der Waals surface area contributed by atoms with Crippen LogP contribution >= 0.6 is 23.2 Å². The van der Waals surface area contributed by atoms with Crippen LogP contribution in [0.3, 0.4) is 0 Å². The van der Waals surface area contributed by atoms with E-state index in [2.05, 4.69) is 15.2 Å². The molecular formula is C20H18Cl2N4O4. The first-order valence-electron chi connectivity index (χ1n) is 9.34. The maximum absolute atomic E-state index is 12.6. The summed E-state index contributed by atoms with van der Waals surface area (Å²) in [5.41, 5.74) is 2.11. The summed E-state index contributed by atoms with van der Waals surface area (Å²) in [7, 11) is 0. The average molecular weight is 449 g/mol. The predicted octanol–water partition coefficient (Wildman–Crippen LogP) is 3.11. The Labute approximate surface area is 181 Å². The number of nitrogens with one attached hydrogen (secondary N) is 2. The van der Waals surface area contributed by atoms with Gasteiger partial charge in [0.05, 0.1) is 15.6 Å². The van der Waals surface area contributed by atoms with Crippen molar-refractivity contribution in [3.05, 3.63) is 57.0 Å². The maximum atomic E-state index is 12.6. The van der Waals surface area contributed by atoms with Crippen molar-refractivity contribution in [2.24, 2.45) is 0 Å². The van der Waals surface area contributed by atoms with Crippen molar-refractivity contribution in [2.75, 3.05) is 36.4 Å². The van der Waals surface area contributed by atoms with E-state index in [-0.39, 0.29) is 0 Å². The van der Waals surface area contributed by atoms with E-state index in [1.165, 1.54) is 11.0 Å². The number of nitrogens with zero attached hydrogens (tertiary/aromatic N) is 2. The summed E-state index contributed by atoms with van der Waals surface area (Å²) in [6.07, 6.45) is 0.708. The molecule has 0 atom stereocenters. The van der Waals surface area contributed by atoms with E-state index in [0.717, 1.165) is 12.2 Å². The Kier molecular flexibility index (Phi) is 5.69. The Morgan fingerprint density at radius 1 is 1.00 bits per heavy atom. The first-order chi connectivity index (χ1) is 14.4. The quantitative estimate of drug-likeness (QED) is 0.586. The number of hydrogen-bond donors (Lipinski definition) is 2. The molecular weight excluding hydrogens is 431 g/mol. The lowest BCUT2D eigenvalue weighted by Crippen LogP contribution is -2.41. The number of amides is 2. The molecule has 4 rings (SSSR count). The van der Waals surface area contributed by atoms with Gasteiger partial charge in [-0.15, -0.1) is 0 Å². The molecule has 1 saturated heterocycles. The largest absolute Gasteiger partial charge is 0.417 e. The van der Waals surface area contributed by atoms with E-state index in [0.29, 0.717) is 52.9 Å². The van der Waals surface area contributed by atoms with Crippen LogP contribution in [0.5, 0.6) is 0 Å². The zero-order valence-electron chi connectivity index (χ0n) is 15.8. The van der Waals surface area contributed by atoms with Crippen molar-refractivity contribution >= 4 is 57.5 Å². The van der Waals surface area contributed by atoms with Gasteiger partial charge >= 0.3 is 17.6 Å². The molecule has 0 saturated carbocycles. The van der Waals surface area contributed by atoms with Crippen LogP contribution in [0.15, 0.2) is 45.6 Å². The van der Waals surface area contributed by atoms with Crippen LogP contribution in [-0.4, -0.2) is 47.9 Å². The first kappa shape index (κ1) is 20.3. The van der Waals surface area contributed by atoms with Crippen molar-refractivity contribution in [1.82, 2.24) is 9.88 Å². The first-order valence-corrected chi connectivity index (χ1v) is 10.1. The molecule has 30 heavy (non-hydrogen) atoms. The highest BCUT2D eigenvalue weighted by atomic mass is 35.5. The Morgan fingerprint density at radius 2 is 1.83 bits per heavy atom. The fourth-order valence-corrected chi connectivity index (χ4v) is 3.70. The van der Waals surface area contributed by atoms with Crippen LogP contribution in [0.4, 0.5) is 11.4 Å². The fourth-order valence-electron chi connectivity index (χ4n) is 3.41. The minimum atomic E-state index is -0.741. The van der Waals surface area contributed by atoms with E-state index in [9.17, 15) is 14.4 Å². The number of fused-ring (bicyclic) bond motifs is 1. The lowest BCUT2D eigenvalue weighted by atomic mass is 10.2. The average Bonchev–Trinajstić information content (AvgIpc) is 2.93. The van der Waals surface area contributed by atoms with Crippen LogP contribution < -0.4 is 16.0 Å². The number of oxazole rings is 1. The fraction of sp³-hybridized carbons (Fsp3) is 0.250. The number of hydrogen-bond acceptors (Lipinski definition) is 5. The van der Waals surface area contributed by atoms with Gasteiger partial charge in [-0.1, -0.05) is 23.2 Å². The van der Waals surface area contributed by atoms with E-state index in [4.69, 9.17) is 27.6 Å². The molecule has 0 bridgehead atoms. The highest BCUT2D eigenvalue weighted by molar-refractivity contribution is 6.42. The minimum Gasteiger partial charge on any atom is -0.408 e. The number of halogens is 2. The summed E-state index contributed by atoms with van der Waals surface area (Å²) in [6.45, 7) is 2.16. The molecule has 1 aliphatic rings. The summed E-state index contributed by atoms with van der Waals surface area (Å²) >= 11 is 12.1. The van der Waals surface area contributed by atoms with Gasteiger partial charge in [0.1, 0.15) is 0 Å². The van der Waals surface area contributed by atoms with Gasteiger partial charge in [-0.05, 0) is 36.8 Å². The molecule has 1 aromatic heterocycles. The Morgan fingerprint density at radius 3 is 2.63 bits per heavy atom. The van der Waals surface area contributed by atoms with Crippen LogP contribution in [0.2, 0.25) is 10.0 Å². The zero-order valence-corrected chi connectivity index (χ0v) is 17.3. The minimum absolute atomic E-state index is 0.303. The molecule has 2 amide bonds. The number of anilines is 2. The van der Waals surface area contributed by atoms with Gasteiger partial charge in [-0.3, -0.25) is 14.6 Å². The predicted molar refractivity (Wildman–Crippen MR) is 115 cm³/mol. The molecule has 0 unspecified atom stereocenters. The van der Waals surface area contributed by atoms with Gasteiger partial charge in [-0.2, -0.15) is 0 Å². The number of rotatable bonds is 2. The molecule has 156 valence electrons. The van der Waals surface area contributed by atoms with Gasteiger partial charge in [0.2, 0.25) is 0 Å². The van der Waals surface area contributed by atoms with E-state index >= 15 is 0 Å². The van der Waals surface area contributed by atoms with Crippen molar-refractivity contribution in [3.63, 3.8) is 0 Å². The molecule has 0 aliphatic carbocycles. The van der Waals surface area contributed by atoms with Gasteiger partial charge in [-0.25, -0.2) is 4.79 Å². The second-order valence-electron chi connectivity index (χ2n) is 6.91. The van der Waals surface area contributed by atoms with Crippen LogP contribution in [0, 0.1) is 0 Å². The Balaban J connectivity index is 1.40. The number of aromatic amines is 1. The summed E-state index contributed by atoms with van der Waals surface area (Å²) in [6, 6.07) is 10.1. The molecule has 3 aromatic rings. The second-order valence-corrected chi connectivity index (χ2v) is 7.73. The molecule has 10 heteroatoms. The lowest BCUT2D eigenvalue weighted by Gasteiger charge is -2.24. The number of carbonyl (C=O) groups is 2. The number of aromatic nitrogens is 1. The van der Waals surface area contributed by atoms with Crippen molar-refractivity contribution in [3.8, 4) is 0 Å². The number of benzene rings is 2. The third-order valence-electron chi connectivity index (χ3n) is 4.92. The summed E-state index contributed by atoms with van der Waals surface area (Å²) in [4.78, 5) is 42.5. The van der Waals surface area contributed by atoms with E-state index in [1.807, 2.05) is 6.07 Å². The number of H-pyrrole nitrogens is 1. The molecule has 1 aliphatic heterocycles. The summed E-state index contributed by atoms with van der Waals surface area (Å²) in [5, 5.41) is 3.53. The van der Waals surface area contributed by atoms with Crippen LogP contribution in [0.25, 0.3) is 11.1 Å². The van der Waals surface area contributed by atoms with Gasteiger partial charge in [0.15, 0.2) is 5.58 Å². The van der Waals surface area contributed by atoms with Crippen molar-refractivity contribution in [2.45, 2.75) is 6.42 Å². The second kappa shape index (κ2) is 8.41. The van der Waals surface area contributed by atoms with Gasteiger partial charge in [0.25, 0.3) is 0 Å². The Bertz CT molecular complexity index is 1170. The molecule has 2 N–H and O–H groups in total. The normalized spacial score (nSPS) is 14.6. The monoisotopic (exact) mass is 448 g/mol. The van der Waals surface area contributed by atoms with E-state index in [1.54, 1.807) is 24.3 Å². The maximum Gasteiger partial charge on any atom is 0.417 e. The lowest BCUT2D eigenvalue weighted by molar-refractivity contribution is -0.143. The molecule has 1 fully saturated rings. The summed E-state index contributed by atoms with van der Waals surface area (Å²) in [5.74, 6) is -1.93. The summed E-state index contributed by atoms with van der Waals surface area (Å²) < 4.78 is 4.97. The third kappa shape index (κ3) is 4.29. The molecule has 2 heterocycles. The molecule has 0 spiro atoms. The molecule has 0 radical (unpaired) electrons. The number of carbonyl (C=O) groups excluding carboxylic acids is 2. The van der Waals surface area contributed by atoms with Crippen LogP contribution in [-0.2, 0) is 9.59 Å². The smallest absolute Gasteiger partial charge is 0.408 e. The molecule has 8 nitrogen and oxygen atoms in total. The van der Waals surface area contributed by atoms with Crippen molar-refractivity contribution in [1.29, 1.82) is 0 Å². The van der Waals surface area contributed by atoms with Gasteiger partial charge in [0, 0.05) is 43.6 Å². The van der Waals surface area contributed by atoms with Gasteiger partial charge < -0.3 is 19.5 Å². The molecule has 2 aromatic carbocycles. The topological polar surface area (TPSA) is 98.6 Å². The SMILES string of the molecule is O=C(Nc1ccc2[nH]c(=O)oc2c1)C(=O)N1CCCN(c2ccc(Cl)c(Cl)c2)CC1.